The number of anilines is 1. The van der Waals surface area contributed by atoms with Crippen LogP contribution in [0.25, 0.3) is 5.69 Å². The van der Waals surface area contributed by atoms with Gasteiger partial charge >= 0.3 is 6.09 Å². The van der Waals surface area contributed by atoms with Crippen LogP contribution in [-0.4, -0.2) is 55.1 Å². The van der Waals surface area contributed by atoms with Gasteiger partial charge in [-0.15, -0.1) is 5.10 Å². The second-order valence-electron chi connectivity index (χ2n) is 7.59. The van der Waals surface area contributed by atoms with Crippen molar-refractivity contribution in [2.24, 2.45) is 0 Å². The number of benzene rings is 2. The quantitative estimate of drug-likeness (QED) is 0.393. The third-order valence-corrected chi connectivity index (χ3v) is 5.33. The highest BCUT2D eigenvalue weighted by atomic mass is 19.1. The van der Waals surface area contributed by atoms with E-state index in [1.54, 1.807) is 29.2 Å². The summed E-state index contributed by atoms with van der Waals surface area (Å²) in [5.41, 5.74) is 1.62. The molecule has 5 rings (SSSR count). The Morgan fingerprint density at radius 1 is 1.15 bits per heavy atom. The third kappa shape index (κ3) is 4.62. The van der Waals surface area contributed by atoms with Gasteiger partial charge in [-0.25, -0.2) is 23.2 Å². The van der Waals surface area contributed by atoms with E-state index in [0.29, 0.717) is 5.69 Å². The highest BCUT2D eigenvalue weighted by molar-refractivity contribution is 5.89. The summed E-state index contributed by atoms with van der Waals surface area (Å²) in [6, 6.07) is 10.5. The molecule has 0 saturated carbocycles. The first-order valence-corrected chi connectivity index (χ1v) is 10.4. The Balaban J connectivity index is 1.26. The number of amides is 1. The van der Waals surface area contributed by atoms with E-state index < -0.39 is 29.9 Å². The van der Waals surface area contributed by atoms with Gasteiger partial charge in [0.25, 0.3) is 0 Å². The number of hydrogen-bond donors (Lipinski definition) is 0. The maximum absolute atomic E-state index is 14.4. The van der Waals surface area contributed by atoms with Crippen molar-refractivity contribution in [1.82, 2.24) is 29.8 Å². The molecule has 3 heterocycles. The minimum atomic E-state index is -0.794. The zero-order valence-corrected chi connectivity index (χ0v) is 17.7. The summed E-state index contributed by atoms with van der Waals surface area (Å²) < 4.78 is 42.3. The van der Waals surface area contributed by atoms with E-state index in [-0.39, 0.29) is 25.3 Å². The second-order valence-corrected chi connectivity index (χ2v) is 7.59. The van der Waals surface area contributed by atoms with Crippen molar-refractivity contribution in [1.29, 1.82) is 0 Å². The van der Waals surface area contributed by atoms with Gasteiger partial charge in [0.05, 0.1) is 37.8 Å². The molecular weight excluding hydrogens is 448 g/mol. The minimum absolute atomic E-state index is 0.00939. The van der Waals surface area contributed by atoms with E-state index in [2.05, 4.69) is 20.4 Å². The lowest BCUT2D eigenvalue weighted by Gasteiger charge is -2.20. The molecule has 1 aliphatic heterocycles. The average molecular weight is 467 g/mol. The molecular formula is C22H19F2N7O3. The molecule has 174 valence electrons. The van der Waals surface area contributed by atoms with Crippen LogP contribution in [0.3, 0.4) is 0 Å². The van der Waals surface area contributed by atoms with Crippen LogP contribution in [0.4, 0.5) is 19.3 Å². The molecule has 1 amide bonds. The molecule has 1 fully saturated rings. The average Bonchev–Trinajstić information content (AvgIpc) is 3.60. The van der Waals surface area contributed by atoms with E-state index >= 15 is 0 Å². The number of nitrogens with zero attached hydrogens (tertiary/aromatic N) is 7. The van der Waals surface area contributed by atoms with E-state index in [0.717, 1.165) is 17.8 Å². The lowest BCUT2D eigenvalue weighted by Crippen LogP contribution is -2.27. The highest BCUT2D eigenvalue weighted by Crippen LogP contribution is 2.27. The van der Waals surface area contributed by atoms with Crippen LogP contribution in [0.5, 0.6) is 0 Å². The van der Waals surface area contributed by atoms with Crippen molar-refractivity contribution in [2.75, 3.05) is 18.1 Å². The van der Waals surface area contributed by atoms with Gasteiger partial charge in [0, 0.05) is 17.3 Å². The zero-order chi connectivity index (χ0) is 23.5. The summed E-state index contributed by atoms with van der Waals surface area (Å²) in [6.45, 7) is 0.412. The number of aromatic nitrogens is 6. The first kappa shape index (κ1) is 21.6. The van der Waals surface area contributed by atoms with Crippen LogP contribution in [0.2, 0.25) is 0 Å². The van der Waals surface area contributed by atoms with E-state index in [1.165, 1.54) is 28.3 Å². The third-order valence-electron chi connectivity index (χ3n) is 5.33. The van der Waals surface area contributed by atoms with Gasteiger partial charge in [-0.1, -0.05) is 11.3 Å². The van der Waals surface area contributed by atoms with Crippen LogP contribution in [0, 0.1) is 11.6 Å². The fourth-order valence-corrected chi connectivity index (χ4v) is 3.67. The molecule has 2 aromatic carbocycles. The van der Waals surface area contributed by atoms with Gasteiger partial charge in [-0.3, -0.25) is 9.58 Å². The molecule has 2 unspecified atom stereocenters. The molecule has 1 saturated heterocycles. The normalized spacial score (nSPS) is 16.6. The molecule has 2 atom stereocenters. The van der Waals surface area contributed by atoms with E-state index in [9.17, 15) is 13.6 Å². The zero-order valence-electron chi connectivity index (χ0n) is 17.7. The Bertz CT molecular complexity index is 1250. The Labute approximate surface area is 192 Å². The monoisotopic (exact) mass is 467 g/mol. The molecule has 0 N–H and O–H groups in total. The number of rotatable bonds is 8. The fourth-order valence-electron chi connectivity index (χ4n) is 3.67. The van der Waals surface area contributed by atoms with E-state index in [4.69, 9.17) is 9.47 Å². The van der Waals surface area contributed by atoms with Crippen molar-refractivity contribution in [3.63, 3.8) is 0 Å². The molecule has 4 aromatic rings. The SMILES string of the molecule is O=C1OC(COC(Cn2cncn2)c2ccc(F)cc2F)CN1c1ccc(-n2ccnn2)cc1. The van der Waals surface area contributed by atoms with Crippen LogP contribution in [0.15, 0.2) is 67.5 Å². The fraction of sp³-hybridized carbons (Fsp3) is 0.227. The maximum Gasteiger partial charge on any atom is 0.414 e. The maximum atomic E-state index is 14.4. The van der Waals surface area contributed by atoms with Gasteiger partial charge in [-0.05, 0) is 30.3 Å². The minimum Gasteiger partial charge on any atom is -0.441 e. The van der Waals surface area contributed by atoms with Gasteiger partial charge in [0.2, 0.25) is 0 Å². The predicted molar refractivity (Wildman–Crippen MR) is 114 cm³/mol. The molecule has 0 aliphatic carbocycles. The van der Waals surface area contributed by atoms with E-state index in [1.807, 2.05) is 12.1 Å². The predicted octanol–water partition coefficient (Wildman–Crippen LogP) is 2.92. The van der Waals surface area contributed by atoms with Crippen LogP contribution in [-0.2, 0) is 16.0 Å². The van der Waals surface area contributed by atoms with Crippen LogP contribution in [0.1, 0.15) is 11.7 Å². The summed E-state index contributed by atoms with van der Waals surface area (Å²) in [5.74, 6) is -1.42. The van der Waals surface area contributed by atoms with Crippen molar-refractivity contribution in [3.8, 4) is 5.69 Å². The van der Waals surface area contributed by atoms with Crippen molar-refractivity contribution in [3.05, 3.63) is 84.7 Å². The van der Waals surface area contributed by atoms with Crippen LogP contribution < -0.4 is 4.90 Å². The molecule has 2 aromatic heterocycles. The van der Waals surface area contributed by atoms with Gasteiger partial charge in [0.15, 0.2) is 0 Å². The van der Waals surface area contributed by atoms with Crippen molar-refractivity contribution < 1.29 is 23.0 Å². The lowest BCUT2D eigenvalue weighted by atomic mass is 10.1. The lowest BCUT2D eigenvalue weighted by molar-refractivity contribution is -0.0117. The summed E-state index contributed by atoms with van der Waals surface area (Å²) in [5, 5.41) is 11.7. The Morgan fingerprint density at radius 3 is 2.68 bits per heavy atom. The van der Waals surface area contributed by atoms with Gasteiger partial charge in [0.1, 0.15) is 36.5 Å². The Morgan fingerprint density at radius 2 is 1.97 bits per heavy atom. The number of carbonyl (C=O) groups is 1. The molecule has 34 heavy (non-hydrogen) atoms. The molecule has 0 bridgehead atoms. The molecule has 1 aliphatic rings. The Hall–Kier alpha value is -4.19. The van der Waals surface area contributed by atoms with Gasteiger partial charge < -0.3 is 9.47 Å². The number of halogens is 2. The number of carbonyl (C=O) groups excluding carboxylic acids is 1. The standard InChI is InChI=1S/C22H19F2N7O3/c23-15-1-6-19(20(24)9-15)21(11-29-14-25-13-27-29)33-12-18-10-30(22(32)34-18)16-2-4-17(5-3-16)31-8-7-26-28-31/h1-9,13-14,18,21H,10-12H2. The smallest absolute Gasteiger partial charge is 0.414 e. The number of ether oxygens (including phenoxy) is 2. The summed E-state index contributed by atoms with van der Waals surface area (Å²) in [4.78, 5) is 17.8. The number of cyclic esters (lactones) is 1. The largest absolute Gasteiger partial charge is 0.441 e. The van der Waals surface area contributed by atoms with Gasteiger partial charge in [-0.2, -0.15) is 5.10 Å². The van der Waals surface area contributed by atoms with Crippen LogP contribution >= 0.6 is 0 Å². The molecule has 10 nitrogen and oxygen atoms in total. The number of hydrogen-bond acceptors (Lipinski definition) is 7. The topological polar surface area (TPSA) is 100 Å². The second kappa shape index (κ2) is 9.35. The first-order valence-electron chi connectivity index (χ1n) is 10.4. The summed E-state index contributed by atoms with van der Waals surface area (Å²) in [6.07, 6.45) is 4.22. The summed E-state index contributed by atoms with van der Waals surface area (Å²) >= 11 is 0. The highest BCUT2D eigenvalue weighted by Gasteiger charge is 2.33. The molecule has 0 radical (unpaired) electrons. The first-order chi connectivity index (χ1) is 16.6. The molecule has 0 spiro atoms. The molecule has 12 heteroatoms. The van der Waals surface area contributed by atoms with Crippen molar-refractivity contribution in [2.45, 2.75) is 18.8 Å². The van der Waals surface area contributed by atoms with Crippen molar-refractivity contribution >= 4 is 11.8 Å². The summed E-state index contributed by atoms with van der Waals surface area (Å²) in [7, 11) is 0. The Kier molecular flexibility index (Phi) is 5.95.